The number of hydrogen-bond acceptors (Lipinski definition) is 2. The quantitative estimate of drug-likeness (QED) is 0.186. The zero-order chi connectivity index (χ0) is 29.1. The fourth-order valence-corrected chi connectivity index (χ4v) is 5.18. The lowest BCUT2D eigenvalue weighted by atomic mass is 10.0. The van der Waals surface area contributed by atoms with Crippen molar-refractivity contribution in [3.05, 3.63) is 124 Å². The van der Waals surface area contributed by atoms with E-state index in [2.05, 4.69) is 12.2 Å². The summed E-state index contributed by atoms with van der Waals surface area (Å²) in [4.78, 5) is 26.0. The van der Waals surface area contributed by atoms with Crippen LogP contribution in [0.1, 0.15) is 51.7 Å². The number of nitrogens with zero attached hydrogens (tertiary/aromatic N) is 1. The maximum atomic E-state index is 14.0. The second-order valence-corrected chi connectivity index (χ2v) is 10.3. The molecule has 0 radical (unpaired) electrons. The lowest BCUT2D eigenvalue weighted by Gasteiger charge is -2.11. The fourth-order valence-electron chi connectivity index (χ4n) is 4.97. The number of aryl methyl sites for hydroxylation is 1. The lowest BCUT2D eigenvalue weighted by Crippen LogP contribution is -2.16. The Morgan fingerprint density at radius 3 is 2.27 bits per heavy atom. The SMILES string of the molecule is CCCCc1ccc(C(=O)Nc2c(C(=O)O)n(Cc3cccc(Cl)c3)c3cc(-c4cc(F)cc(F)c4)ccc23)cc1. The Morgan fingerprint density at radius 1 is 0.878 bits per heavy atom. The Kier molecular flexibility index (Phi) is 8.17. The van der Waals surface area contributed by atoms with E-state index < -0.39 is 23.5 Å². The summed E-state index contributed by atoms with van der Waals surface area (Å²) < 4.78 is 29.6. The maximum absolute atomic E-state index is 14.0. The minimum absolute atomic E-state index is 0.127. The van der Waals surface area contributed by atoms with Crippen LogP contribution in [-0.2, 0) is 13.0 Å². The molecule has 0 saturated carbocycles. The van der Waals surface area contributed by atoms with Gasteiger partial charge < -0.3 is 15.0 Å². The molecule has 2 N–H and O–H groups in total. The molecule has 0 aliphatic rings. The number of hydrogen-bond donors (Lipinski definition) is 2. The molecule has 208 valence electrons. The Bertz CT molecular complexity index is 1740. The molecule has 1 aromatic heterocycles. The van der Waals surface area contributed by atoms with Crippen LogP contribution >= 0.6 is 11.6 Å². The molecule has 0 spiro atoms. The molecule has 0 saturated heterocycles. The second kappa shape index (κ2) is 11.9. The number of carboxylic acid groups (broad SMARTS) is 1. The number of carbonyl (C=O) groups is 2. The summed E-state index contributed by atoms with van der Waals surface area (Å²) in [7, 11) is 0. The normalized spacial score (nSPS) is 11.1. The van der Waals surface area contributed by atoms with Crippen LogP contribution in [0.2, 0.25) is 5.02 Å². The van der Waals surface area contributed by atoms with Crippen molar-refractivity contribution in [3.8, 4) is 11.1 Å². The molecule has 0 aliphatic heterocycles. The fraction of sp³-hybridized carbons (Fsp3) is 0.152. The number of aromatic carboxylic acids is 1. The Morgan fingerprint density at radius 2 is 1.61 bits per heavy atom. The molecule has 0 aliphatic carbocycles. The smallest absolute Gasteiger partial charge is 0.354 e. The number of fused-ring (bicyclic) bond motifs is 1. The first-order valence-corrected chi connectivity index (χ1v) is 13.6. The highest BCUT2D eigenvalue weighted by Gasteiger charge is 2.25. The molecule has 0 unspecified atom stereocenters. The summed E-state index contributed by atoms with van der Waals surface area (Å²) in [6, 6.07) is 22.4. The first kappa shape index (κ1) is 28.1. The van der Waals surface area contributed by atoms with E-state index in [9.17, 15) is 23.5 Å². The summed E-state index contributed by atoms with van der Waals surface area (Å²) in [5.41, 5.74) is 3.50. The molecule has 5 rings (SSSR count). The van der Waals surface area contributed by atoms with Crippen molar-refractivity contribution in [1.82, 2.24) is 4.57 Å². The average Bonchev–Trinajstić information content (AvgIpc) is 3.23. The van der Waals surface area contributed by atoms with E-state index in [1.165, 1.54) is 12.1 Å². The van der Waals surface area contributed by atoms with Crippen molar-refractivity contribution in [1.29, 1.82) is 0 Å². The molecule has 0 atom stereocenters. The highest BCUT2D eigenvalue weighted by Crippen LogP contribution is 2.36. The minimum Gasteiger partial charge on any atom is -0.477 e. The number of anilines is 1. The highest BCUT2D eigenvalue weighted by molar-refractivity contribution is 6.30. The predicted octanol–water partition coefficient (Wildman–Crippen LogP) is 8.58. The van der Waals surface area contributed by atoms with Gasteiger partial charge in [-0.3, -0.25) is 4.79 Å². The first-order chi connectivity index (χ1) is 19.7. The van der Waals surface area contributed by atoms with Gasteiger partial charge in [0.05, 0.1) is 11.2 Å². The van der Waals surface area contributed by atoms with Crippen LogP contribution in [0.15, 0.2) is 84.9 Å². The zero-order valence-corrected chi connectivity index (χ0v) is 23.0. The number of rotatable bonds is 9. The maximum Gasteiger partial charge on any atom is 0.354 e. The van der Waals surface area contributed by atoms with Gasteiger partial charge in [-0.15, -0.1) is 0 Å². The monoisotopic (exact) mass is 572 g/mol. The van der Waals surface area contributed by atoms with Crippen LogP contribution in [0.5, 0.6) is 0 Å². The number of carboxylic acids is 1. The number of nitrogens with one attached hydrogen (secondary N) is 1. The highest BCUT2D eigenvalue weighted by atomic mass is 35.5. The van der Waals surface area contributed by atoms with Crippen molar-refractivity contribution in [3.63, 3.8) is 0 Å². The number of benzene rings is 4. The van der Waals surface area contributed by atoms with E-state index in [1.54, 1.807) is 53.1 Å². The summed E-state index contributed by atoms with van der Waals surface area (Å²) in [5.74, 6) is -3.15. The van der Waals surface area contributed by atoms with Crippen molar-refractivity contribution in [2.45, 2.75) is 32.7 Å². The van der Waals surface area contributed by atoms with E-state index >= 15 is 0 Å². The summed E-state index contributed by atoms with van der Waals surface area (Å²) in [5, 5.41) is 14.1. The summed E-state index contributed by atoms with van der Waals surface area (Å²) in [6.07, 6.45) is 3.02. The van der Waals surface area contributed by atoms with Crippen molar-refractivity contribution < 1.29 is 23.5 Å². The molecule has 4 aromatic carbocycles. The molecule has 1 heterocycles. The van der Waals surface area contributed by atoms with Crippen LogP contribution in [0, 0.1) is 11.6 Å². The molecule has 41 heavy (non-hydrogen) atoms. The lowest BCUT2D eigenvalue weighted by molar-refractivity contribution is 0.0687. The van der Waals surface area contributed by atoms with Gasteiger partial charge >= 0.3 is 5.97 Å². The van der Waals surface area contributed by atoms with Crippen LogP contribution in [0.25, 0.3) is 22.0 Å². The van der Waals surface area contributed by atoms with E-state index in [0.717, 1.165) is 36.5 Å². The Hall–Kier alpha value is -4.49. The number of aromatic nitrogens is 1. The number of carbonyl (C=O) groups excluding carboxylic acids is 1. The van der Waals surface area contributed by atoms with E-state index in [1.807, 2.05) is 18.2 Å². The Balaban J connectivity index is 1.63. The van der Waals surface area contributed by atoms with Gasteiger partial charge in [-0.2, -0.15) is 0 Å². The van der Waals surface area contributed by atoms with E-state index in [4.69, 9.17) is 11.6 Å². The molecular weight excluding hydrogens is 546 g/mol. The van der Waals surface area contributed by atoms with E-state index in [0.29, 0.717) is 32.6 Å². The number of unbranched alkanes of at least 4 members (excludes halogenated alkanes) is 1. The standard InChI is InChI=1S/C33H27ClF2N2O3/c1-2-3-5-20-8-10-22(11-9-20)32(39)37-30-28-13-12-23(24-15-26(35)18-27(36)16-24)17-29(28)38(31(30)33(40)41)19-21-6-4-7-25(34)14-21/h4,6-18H,2-3,5,19H2,1H3,(H,37,39)(H,40,41). The van der Waals surface area contributed by atoms with Crippen LogP contribution in [-0.4, -0.2) is 21.6 Å². The van der Waals surface area contributed by atoms with Gasteiger partial charge in [0.15, 0.2) is 5.69 Å². The van der Waals surface area contributed by atoms with Crippen molar-refractivity contribution in [2.24, 2.45) is 0 Å². The van der Waals surface area contributed by atoms with Crippen molar-refractivity contribution >= 4 is 40.1 Å². The van der Waals surface area contributed by atoms with Crippen molar-refractivity contribution in [2.75, 3.05) is 5.32 Å². The third kappa shape index (κ3) is 6.15. The van der Waals surface area contributed by atoms with Gasteiger partial charge in [-0.25, -0.2) is 13.6 Å². The van der Waals surface area contributed by atoms with Crippen LogP contribution in [0.3, 0.4) is 0 Å². The van der Waals surface area contributed by atoms with Gasteiger partial charge in [0.25, 0.3) is 5.91 Å². The molecule has 0 bridgehead atoms. The molecule has 5 aromatic rings. The minimum atomic E-state index is -1.24. The third-order valence-corrected chi connectivity index (χ3v) is 7.20. The first-order valence-electron chi connectivity index (χ1n) is 13.2. The van der Waals surface area contributed by atoms with Gasteiger partial charge in [-0.1, -0.05) is 61.3 Å². The zero-order valence-electron chi connectivity index (χ0n) is 22.3. The average molecular weight is 573 g/mol. The third-order valence-electron chi connectivity index (χ3n) is 6.97. The van der Waals surface area contributed by atoms with Gasteiger partial charge in [0.1, 0.15) is 11.6 Å². The molecule has 1 amide bonds. The molecule has 8 heteroatoms. The molecule has 5 nitrogen and oxygen atoms in total. The topological polar surface area (TPSA) is 71.3 Å². The largest absolute Gasteiger partial charge is 0.477 e. The van der Waals surface area contributed by atoms with Gasteiger partial charge in [0, 0.05) is 28.6 Å². The predicted molar refractivity (Wildman–Crippen MR) is 158 cm³/mol. The van der Waals surface area contributed by atoms with Crippen LogP contribution < -0.4 is 5.32 Å². The summed E-state index contributed by atoms with van der Waals surface area (Å²) >= 11 is 6.19. The number of amides is 1. The number of halogens is 3. The molecule has 0 fully saturated rings. The summed E-state index contributed by atoms with van der Waals surface area (Å²) in [6.45, 7) is 2.24. The van der Waals surface area contributed by atoms with Crippen LogP contribution in [0.4, 0.5) is 14.5 Å². The van der Waals surface area contributed by atoms with Gasteiger partial charge in [-0.05, 0) is 77.6 Å². The van der Waals surface area contributed by atoms with Gasteiger partial charge in [0.2, 0.25) is 0 Å². The Labute approximate surface area is 241 Å². The molecular formula is C33H27ClF2N2O3. The van der Waals surface area contributed by atoms with E-state index in [-0.39, 0.29) is 17.9 Å². The second-order valence-electron chi connectivity index (χ2n) is 9.89.